The minimum Gasteiger partial charge on any atom is -0.490 e. The van der Waals surface area contributed by atoms with Crippen molar-refractivity contribution in [3.05, 3.63) is 23.8 Å². The van der Waals surface area contributed by atoms with E-state index in [-0.39, 0.29) is 12.0 Å². The number of benzene rings is 1. The molecule has 0 radical (unpaired) electrons. The number of methoxy groups -OCH3 is 1. The summed E-state index contributed by atoms with van der Waals surface area (Å²) in [4.78, 5) is 25.3. The monoisotopic (exact) mass is 391 g/mol. The molecular formula is C22H33NO5. The molecule has 28 heavy (non-hydrogen) atoms. The van der Waals surface area contributed by atoms with Crippen molar-refractivity contribution >= 4 is 17.6 Å². The Balaban J connectivity index is 2.26. The van der Waals surface area contributed by atoms with Crippen LogP contribution < -0.4 is 10.1 Å². The van der Waals surface area contributed by atoms with Gasteiger partial charge in [-0.3, -0.25) is 4.79 Å². The normalized spacial score (nSPS) is 23.0. The third kappa shape index (κ3) is 5.25. The molecule has 1 amide bonds. The van der Waals surface area contributed by atoms with Crippen molar-refractivity contribution in [2.75, 3.05) is 19.0 Å². The number of hydrogen-bond donors (Lipinski definition) is 1. The minimum absolute atomic E-state index is 0.0335. The molecule has 1 aliphatic carbocycles. The Kier molecular flexibility index (Phi) is 7.87. The first-order chi connectivity index (χ1) is 13.3. The second kappa shape index (κ2) is 9.92. The molecule has 0 aromatic heterocycles. The molecule has 0 heterocycles. The van der Waals surface area contributed by atoms with E-state index in [0.29, 0.717) is 42.4 Å². The van der Waals surface area contributed by atoms with E-state index in [0.717, 1.165) is 19.3 Å². The number of rotatable bonds is 8. The van der Waals surface area contributed by atoms with Gasteiger partial charge in [0.1, 0.15) is 16.9 Å². The van der Waals surface area contributed by atoms with Crippen LogP contribution in [0.2, 0.25) is 0 Å². The van der Waals surface area contributed by atoms with Gasteiger partial charge in [0.15, 0.2) is 0 Å². The van der Waals surface area contributed by atoms with Crippen LogP contribution in [0.5, 0.6) is 5.75 Å². The largest absolute Gasteiger partial charge is 0.490 e. The molecule has 0 saturated heterocycles. The summed E-state index contributed by atoms with van der Waals surface area (Å²) in [7, 11) is 1.33. The molecule has 0 bridgehead atoms. The number of carbonyl (C=O) groups is 2. The van der Waals surface area contributed by atoms with Crippen molar-refractivity contribution in [2.24, 2.45) is 5.92 Å². The van der Waals surface area contributed by atoms with E-state index in [9.17, 15) is 9.59 Å². The number of ether oxygens (including phenoxy) is 3. The smallest absolute Gasteiger partial charge is 0.341 e. The summed E-state index contributed by atoms with van der Waals surface area (Å²) in [6.45, 7) is 8.48. The van der Waals surface area contributed by atoms with Crippen molar-refractivity contribution in [3.63, 3.8) is 0 Å². The third-order valence-corrected chi connectivity index (χ3v) is 5.34. The first-order valence-electron chi connectivity index (χ1n) is 10.2. The Morgan fingerprint density at radius 3 is 2.68 bits per heavy atom. The maximum absolute atomic E-state index is 13.1. The van der Waals surface area contributed by atoms with Gasteiger partial charge in [-0.2, -0.15) is 0 Å². The van der Waals surface area contributed by atoms with Crippen LogP contribution >= 0.6 is 0 Å². The van der Waals surface area contributed by atoms with Crippen LogP contribution in [-0.4, -0.2) is 37.3 Å². The molecule has 156 valence electrons. The minimum atomic E-state index is -0.816. The zero-order valence-electron chi connectivity index (χ0n) is 17.7. The fraction of sp³-hybridized carbons (Fsp3) is 0.636. The third-order valence-electron chi connectivity index (χ3n) is 5.34. The Morgan fingerprint density at radius 1 is 1.32 bits per heavy atom. The SMILES string of the molecule is CCO[C@]1(C(=O)Nc2ccc(O[C@@H](C)CC)c(C(=O)OC)c2)CCC[C@@H](C)C1. The number of hydrogen-bond acceptors (Lipinski definition) is 5. The predicted molar refractivity (Wildman–Crippen MR) is 109 cm³/mol. The van der Waals surface area contributed by atoms with Crippen LogP contribution in [-0.2, 0) is 14.3 Å². The van der Waals surface area contributed by atoms with Crippen molar-refractivity contribution in [2.45, 2.75) is 71.5 Å². The van der Waals surface area contributed by atoms with Crippen molar-refractivity contribution in [3.8, 4) is 5.75 Å². The lowest BCUT2D eigenvalue weighted by molar-refractivity contribution is -0.147. The van der Waals surface area contributed by atoms with Crippen LogP contribution in [0.1, 0.15) is 70.2 Å². The molecule has 1 N–H and O–H groups in total. The molecule has 1 aliphatic rings. The maximum atomic E-state index is 13.1. The second-order valence-corrected chi connectivity index (χ2v) is 7.62. The quantitative estimate of drug-likeness (QED) is 0.657. The summed E-state index contributed by atoms with van der Waals surface area (Å²) in [6.07, 6.45) is 4.25. The van der Waals surface area contributed by atoms with Crippen molar-refractivity contribution < 1.29 is 23.8 Å². The Morgan fingerprint density at radius 2 is 2.07 bits per heavy atom. The standard InChI is InChI=1S/C22H33NO5/c1-6-16(4)28-19-11-10-17(13-18(19)20(24)26-5)23-21(25)22(27-7-2)12-8-9-15(3)14-22/h10-11,13,15-16H,6-9,12,14H2,1-5H3,(H,23,25)/t15-,16+,22-/m1/s1. The number of esters is 1. The number of anilines is 1. The average Bonchev–Trinajstić information content (AvgIpc) is 2.68. The van der Waals surface area contributed by atoms with Gasteiger partial charge in [-0.05, 0) is 63.6 Å². The van der Waals surface area contributed by atoms with Gasteiger partial charge in [-0.1, -0.05) is 20.3 Å². The fourth-order valence-corrected chi connectivity index (χ4v) is 3.71. The van der Waals surface area contributed by atoms with Gasteiger partial charge in [0.25, 0.3) is 5.91 Å². The van der Waals surface area contributed by atoms with Crippen LogP contribution in [0.25, 0.3) is 0 Å². The molecule has 0 aliphatic heterocycles. The molecular weight excluding hydrogens is 358 g/mol. The lowest BCUT2D eigenvalue weighted by atomic mass is 9.78. The van der Waals surface area contributed by atoms with E-state index < -0.39 is 11.6 Å². The number of carbonyl (C=O) groups excluding carboxylic acids is 2. The maximum Gasteiger partial charge on any atom is 0.341 e. The van der Waals surface area contributed by atoms with E-state index in [1.807, 2.05) is 20.8 Å². The van der Waals surface area contributed by atoms with Gasteiger partial charge in [0.2, 0.25) is 0 Å². The zero-order chi connectivity index (χ0) is 20.7. The van der Waals surface area contributed by atoms with Crippen LogP contribution in [0.15, 0.2) is 18.2 Å². The summed E-state index contributed by atoms with van der Waals surface area (Å²) in [5.41, 5.74) is 0.00582. The van der Waals surface area contributed by atoms with Crippen LogP contribution in [0.4, 0.5) is 5.69 Å². The lowest BCUT2D eigenvalue weighted by Crippen LogP contribution is -2.48. The van der Waals surface area contributed by atoms with Gasteiger partial charge in [-0.25, -0.2) is 4.79 Å². The molecule has 0 unspecified atom stereocenters. The van der Waals surface area contributed by atoms with Gasteiger partial charge in [0.05, 0.1) is 13.2 Å². The van der Waals surface area contributed by atoms with E-state index >= 15 is 0 Å². The van der Waals surface area contributed by atoms with Crippen molar-refractivity contribution in [1.82, 2.24) is 0 Å². The Hall–Kier alpha value is -2.08. The predicted octanol–water partition coefficient (Wildman–Crippen LogP) is 4.57. The summed E-state index contributed by atoms with van der Waals surface area (Å²) in [5, 5.41) is 2.94. The summed E-state index contributed by atoms with van der Waals surface area (Å²) < 4.78 is 16.6. The highest BCUT2D eigenvalue weighted by atomic mass is 16.5. The molecule has 6 heteroatoms. The van der Waals surface area contributed by atoms with Crippen LogP contribution in [0.3, 0.4) is 0 Å². The highest BCUT2D eigenvalue weighted by molar-refractivity contribution is 5.99. The molecule has 6 nitrogen and oxygen atoms in total. The molecule has 1 fully saturated rings. The summed E-state index contributed by atoms with van der Waals surface area (Å²) in [6, 6.07) is 5.05. The first kappa shape index (κ1) is 22.2. The van der Waals surface area contributed by atoms with E-state index in [2.05, 4.69) is 12.2 Å². The zero-order valence-corrected chi connectivity index (χ0v) is 17.7. The highest BCUT2D eigenvalue weighted by Crippen LogP contribution is 2.36. The molecule has 0 spiro atoms. The Labute approximate surface area is 167 Å². The summed E-state index contributed by atoms with van der Waals surface area (Å²) in [5.74, 6) is 0.223. The number of amides is 1. The Bertz CT molecular complexity index is 686. The molecule has 2 rings (SSSR count). The van der Waals surface area contributed by atoms with E-state index in [1.165, 1.54) is 7.11 Å². The molecule has 1 saturated carbocycles. The summed E-state index contributed by atoms with van der Waals surface area (Å²) >= 11 is 0. The molecule has 3 atom stereocenters. The molecule has 1 aromatic carbocycles. The van der Waals surface area contributed by atoms with Crippen LogP contribution in [0, 0.1) is 5.92 Å². The average molecular weight is 392 g/mol. The van der Waals surface area contributed by atoms with E-state index in [1.54, 1.807) is 18.2 Å². The van der Waals surface area contributed by atoms with Gasteiger partial charge in [-0.15, -0.1) is 0 Å². The van der Waals surface area contributed by atoms with E-state index in [4.69, 9.17) is 14.2 Å². The highest BCUT2D eigenvalue weighted by Gasteiger charge is 2.42. The lowest BCUT2D eigenvalue weighted by Gasteiger charge is -2.38. The molecule has 1 aromatic rings. The fourth-order valence-electron chi connectivity index (χ4n) is 3.71. The van der Waals surface area contributed by atoms with Gasteiger partial charge < -0.3 is 19.5 Å². The van der Waals surface area contributed by atoms with Gasteiger partial charge >= 0.3 is 5.97 Å². The first-order valence-corrected chi connectivity index (χ1v) is 10.2. The second-order valence-electron chi connectivity index (χ2n) is 7.62. The number of nitrogens with one attached hydrogen (secondary N) is 1. The van der Waals surface area contributed by atoms with Crippen molar-refractivity contribution in [1.29, 1.82) is 0 Å². The van der Waals surface area contributed by atoms with Gasteiger partial charge in [0, 0.05) is 12.3 Å². The topological polar surface area (TPSA) is 73.9 Å².